The number of aromatic nitrogens is 2. The van der Waals surface area contributed by atoms with Gasteiger partial charge >= 0.3 is 0 Å². The summed E-state index contributed by atoms with van der Waals surface area (Å²) in [6, 6.07) is 6.85. The van der Waals surface area contributed by atoms with Gasteiger partial charge in [0.1, 0.15) is 0 Å². The largest absolute Gasteiger partial charge is 0.369 e. The molecule has 1 aliphatic heterocycles. The lowest BCUT2D eigenvalue weighted by Crippen LogP contribution is -2.48. The molecule has 134 valence electrons. The summed E-state index contributed by atoms with van der Waals surface area (Å²) in [5, 5.41) is 3.55. The van der Waals surface area contributed by atoms with Crippen LogP contribution in [0.1, 0.15) is 29.8 Å². The Morgan fingerprint density at radius 3 is 2.64 bits per heavy atom. The number of anilines is 1. The molecule has 1 aliphatic rings. The van der Waals surface area contributed by atoms with Crippen LogP contribution in [0.25, 0.3) is 0 Å². The molecule has 0 bridgehead atoms. The van der Waals surface area contributed by atoms with Crippen LogP contribution >= 0.6 is 0 Å². The van der Waals surface area contributed by atoms with Gasteiger partial charge in [0.25, 0.3) is 0 Å². The molecule has 0 radical (unpaired) electrons. The lowest BCUT2D eigenvalue weighted by molar-refractivity contribution is 0.254. The summed E-state index contributed by atoms with van der Waals surface area (Å²) in [5.41, 5.74) is 5.19. The molecule has 5 nitrogen and oxygen atoms in total. The summed E-state index contributed by atoms with van der Waals surface area (Å²) in [4.78, 5) is 13.6. The van der Waals surface area contributed by atoms with Crippen LogP contribution in [-0.2, 0) is 0 Å². The van der Waals surface area contributed by atoms with Gasteiger partial charge in [-0.15, -0.1) is 0 Å². The van der Waals surface area contributed by atoms with Gasteiger partial charge < -0.3 is 10.2 Å². The smallest absolute Gasteiger partial charge is 0.0753 e. The van der Waals surface area contributed by atoms with Crippen LogP contribution in [0.3, 0.4) is 0 Å². The number of rotatable bonds is 6. The molecule has 0 spiro atoms. The van der Waals surface area contributed by atoms with E-state index in [2.05, 4.69) is 64.1 Å². The van der Waals surface area contributed by atoms with Crippen molar-refractivity contribution in [2.45, 2.75) is 26.8 Å². The van der Waals surface area contributed by atoms with Crippen LogP contribution in [0.4, 0.5) is 5.69 Å². The summed E-state index contributed by atoms with van der Waals surface area (Å²) in [5.74, 6) is 0. The fraction of sp³-hybridized carbons (Fsp3) is 0.500. The van der Waals surface area contributed by atoms with E-state index < -0.39 is 0 Å². The summed E-state index contributed by atoms with van der Waals surface area (Å²) < 4.78 is 0. The molecular weight excluding hydrogens is 310 g/mol. The number of nitrogens with one attached hydrogen (secondary N) is 1. The van der Waals surface area contributed by atoms with Gasteiger partial charge in [-0.2, -0.15) is 0 Å². The Bertz CT molecular complexity index is 665. The van der Waals surface area contributed by atoms with Gasteiger partial charge in [-0.05, 0) is 38.0 Å². The van der Waals surface area contributed by atoms with Gasteiger partial charge in [0.15, 0.2) is 0 Å². The minimum absolute atomic E-state index is 0.241. The Hall–Kier alpha value is -1.98. The first-order valence-electron chi connectivity index (χ1n) is 9.18. The van der Waals surface area contributed by atoms with Crippen LogP contribution in [0, 0.1) is 13.8 Å². The molecule has 3 rings (SSSR count). The summed E-state index contributed by atoms with van der Waals surface area (Å²) in [6.07, 6.45) is 5.30. The number of benzene rings is 1. The molecule has 1 N–H and O–H groups in total. The third kappa shape index (κ3) is 4.55. The van der Waals surface area contributed by atoms with Crippen molar-refractivity contribution in [2.24, 2.45) is 0 Å². The van der Waals surface area contributed by atoms with E-state index in [-0.39, 0.29) is 6.04 Å². The van der Waals surface area contributed by atoms with E-state index in [0.29, 0.717) is 0 Å². The highest BCUT2D eigenvalue weighted by molar-refractivity contribution is 5.56. The van der Waals surface area contributed by atoms with Crippen LogP contribution in [-0.4, -0.2) is 54.1 Å². The maximum absolute atomic E-state index is 4.36. The molecule has 1 saturated heterocycles. The Morgan fingerprint density at radius 1 is 1.12 bits per heavy atom. The zero-order chi connectivity index (χ0) is 17.6. The average Bonchev–Trinajstić information content (AvgIpc) is 2.65. The molecule has 0 unspecified atom stereocenters. The lowest BCUT2D eigenvalue weighted by Gasteiger charge is -2.37. The molecule has 1 fully saturated rings. The lowest BCUT2D eigenvalue weighted by atomic mass is 10.1. The van der Waals surface area contributed by atoms with E-state index in [1.165, 1.54) is 16.8 Å². The average molecular weight is 339 g/mol. The van der Waals surface area contributed by atoms with Gasteiger partial charge in [-0.1, -0.05) is 12.1 Å². The van der Waals surface area contributed by atoms with Crippen molar-refractivity contribution < 1.29 is 0 Å². The third-order valence-electron chi connectivity index (χ3n) is 5.19. The van der Waals surface area contributed by atoms with Crippen LogP contribution in [0.5, 0.6) is 0 Å². The minimum atomic E-state index is 0.241. The van der Waals surface area contributed by atoms with Gasteiger partial charge in [-0.25, -0.2) is 0 Å². The number of nitrogens with zero attached hydrogens (tertiary/aromatic N) is 4. The van der Waals surface area contributed by atoms with Crippen molar-refractivity contribution >= 4 is 5.69 Å². The molecule has 0 amide bonds. The molecule has 2 aromatic rings. The summed E-state index contributed by atoms with van der Waals surface area (Å²) in [6.45, 7) is 13.1. The number of hydrogen-bond donors (Lipinski definition) is 1. The van der Waals surface area contributed by atoms with Gasteiger partial charge in [-0.3, -0.25) is 14.9 Å². The number of hydrogen-bond acceptors (Lipinski definition) is 5. The van der Waals surface area contributed by atoms with Crippen molar-refractivity contribution in [3.05, 3.63) is 53.6 Å². The van der Waals surface area contributed by atoms with Gasteiger partial charge in [0.2, 0.25) is 0 Å². The highest BCUT2D eigenvalue weighted by atomic mass is 15.3. The topological polar surface area (TPSA) is 44.3 Å². The predicted molar refractivity (Wildman–Crippen MR) is 103 cm³/mol. The van der Waals surface area contributed by atoms with E-state index in [1.54, 1.807) is 12.4 Å². The zero-order valence-corrected chi connectivity index (χ0v) is 15.6. The van der Waals surface area contributed by atoms with Crippen molar-refractivity contribution in [1.82, 2.24) is 20.2 Å². The summed E-state index contributed by atoms with van der Waals surface area (Å²) >= 11 is 0. The highest BCUT2D eigenvalue weighted by Gasteiger charge is 2.18. The van der Waals surface area contributed by atoms with E-state index in [4.69, 9.17) is 0 Å². The summed E-state index contributed by atoms with van der Waals surface area (Å²) in [7, 11) is 0. The quantitative estimate of drug-likeness (QED) is 0.876. The van der Waals surface area contributed by atoms with Crippen LogP contribution in [0.2, 0.25) is 0 Å². The zero-order valence-electron chi connectivity index (χ0n) is 15.6. The Morgan fingerprint density at radius 2 is 1.92 bits per heavy atom. The first-order chi connectivity index (χ1) is 12.1. The minimum Gasteiger partial charge on any atom is -0.369 e. The molecular formula is C20H29N5. The monoisotopic (exact) mass is 339 g/mol. The molecule has 2 heterocycles. The van der Waals surface area contributed by atoms with E-state index in [0.717, 1.165) is 45.0 Å². The molecule has 25 heavy (non-hydrogen) atoms. The fourth-order valence-electron chi connectivity index (χ4n) is 3.37. The second-order valence-electron chi connectivity index (χ2n) is 6.85. The predicted octanol–water partition coefficient (Wildman–Crippen LogP) is 2.57. The molecule has 0 aliphatic carbocycles. The highest BCUT2D eigenvalue weighted by Crippen LogP contribution is 2.23. The first-order valence-corrected chi connectivity index (χ1v) is 9.18. The first kappa shape index (κ1) is 17.8. The van der Waals surface area contributed by atoms with Crippen molar-refractivity contribution in [1.29, 1.82) is 0 Å². The Labute approximate surface area is 151 Å². The van der Waals surface area contributed by atoms with Crippen molar-refractivity contribution in [2.75, 3.05) is 44.2 Å². The maximum atomic E-state index is 4.36. The molecule has 5 heteroatoms. The van der Waals surface area contributed by atoms with Crippen LogP contribution in [0.15, 0.2) is 36.8 Å². The maximum Gasteiger partial charge on any atom is 0.0753 e. The number of piperazine rings is 1. The van der Waals surface area contributed by atoms with E-state index in [9.17, 15) is 0 Å². The van der Waals surface area contributed by atoms with E-state index in [1.807, 2.05) is 6.20 Å². The third-order valence-corrected chi connectivity index (χ3v) is 5.19. The molecule has 1 aromatic carbocycles. The standard InChI is InChI=1S/C20H29N5/c1-16-5-4-6-20(17(16)2)25-13-11-24(12-14-25)10-9-22-18(3)19-15-21-7-8-23-19/h4-8,15,18,22H,9-14H2,1-3H3/t18-/m1/s1. The molecule has 1 atom stereocenters. The second kappa shape index (κ2) is 8.41. The van der Waals surface area contributed by atoms with Gasteiger partial charge in [0.05, 0.1) is 5.69 Å². The van der Waals surface area contributed by atoms with Crippen molar-refractivity contribution in [3.8, 4) is 0 Å². The second-order valence-corrected chi connectivity index (χ2v) is 6.85. The Balaban J connectivity index is 1.43. The fourth-order valence-corrected chi connectivity index (χ4v) is 3.37. The van der Waals surface area contributed by atoms with Crippen molar-refractivity contribution in [3.63, 3.8) is 0 Å². The normalized spacial score (nSPS) is 16.8. The van der Waals surface area contributed by atoms with Gasteiger partial charge in [0, 0.05) is 69.6 Å². The molecule has 1 aromatic heterocycles. The van der Waals surface area contributed by atoms with Crippen LogP contribution < -0.4 is 10.2 Å². The number of aryl methyl sites for hydroxylation is 1. The Kier molecular flexibility index (Phi) is 6.00. The SMILES string of the molecule is Cc1cccc(N2CCN(CCN[C@H](C)c3cnccn3)CC2)c1C. The van der Waals surface area contributed by atoms with E-state index >= 15 is 0 Å². The molecule has 0 saturated carbocycles.